The molecule has 0 aliphatic carbocycles. The quantitative estimate of drug-likeness (QED) is 0.762. The number of carbonyl (C=O) groups excluding carboxylic acids is 1. The number of Topliss-reactive ketones (excluding diaryl/α,β-unsaturated/α-hetero) is 1. The van der Waals surface area contributed by atoms with E-state index in [-0.39, 0.29) is 18.0 Å². The number of benzene rings is 1. The third-order valence-corrected chi connectivity index (χ3v) is 2.49. The van der Waals surface area contributed by atoms with Crippen molar-refractivity contribution in [2.24, 2.45) is 0 Å². The van der Waals surface area contributed by atoms with Crippen LogP contribution >= 0.6 is 0 Å². The molecular formula is C12H14FNO3. The Morgan fingerprint density at radius 2 is 2.12 bits per heavy atom. The van der Waals surface area contributed by atoms with E-state index >= 15 is 0 Å². The molecule has 0 radical (unpaired) electrons. The predicted molar refractivity (Wildman–Crippen MR) is 60.6 cm³/mol. The average Bonchev–Trinajstić information content (AvgIpc) is 2.28. The smallest absolute Gasteiger partial charge is 0.305 e. The number of likely N-dealkylation sites (N-methyl/N-ethyl adjacent to an activating group) is 1. The molecule has 2 N–H and O–H groups in total. The minimum Gasteiger partial charge on any atom is -0.481 e. The van der Waals surface area contributed by atoms with Crippen molar-refractivity contribution < 1.29 is 19.1 Å². The molecular weight excluding hydrogens is 225 g/mol. The molecule has 1 aromatic rings. The SMILES string of the molecule is CNC(CC(=O)O)C(=O)c1ccc(F)c(C)c1. The first-order valence-corrected chi connectivity index (χ1v) is 5.15. The zero-order valence-electron chi connectivity index (χ0n) is 9.66. The second-order valence-electron chi connectivity index (χ2n) is 3.77. The number of carboxylic acid groups (broad SMARTS) is 1. The lowest BCUT2D eigenvalue weighted by molar-refractivity contribution is -0.137. The summed E-state index contributed by atoms with van der Waals surface area (Å²) in [7, 11) is 1.52. The van der Waals surface area contributed by atoms with Crippen LogP contribution in [0.15, 0.2) is 18.2 Å². The lowest BCUT2D eigenvalue weighted by Crippen LogP contribution is -2.36. The lowest BCUT2D eigenvalue weighted by Gasteiger charge is -2.13. The van der Waals surface area contributed by atoms with E-state index in [1.807, 2.05) is 0 Å². The van der Waals surface area contributed by atoms with E-state index in [1.54, 1.807) is 6.92 Å². The Balaban J connectivity index is 2.93. The fourth-order valence-electron chi connectivity index (χ4n) is 1.50. The molecule has 0 saturated carbocycles. The zero-order valence-corrected chi connectivity index (χ0v) is 9.66. The van der Waals surface area contributed by atoms with E-state index in [9.17, 15) is 14.0 Å². The maximum Gasteiger partial charge on any atom is 0.305 e. The van der Waals surface area contributed by atoms with E-state index in [1.165, 1.54) is 25.2 Å². The first-order valence-electron chi connectivity index (χ1n) is 5.15. The Bertz CT molecular complexity index is 445. The molecule has 0 aromatic heterocycles. The van der Waals surface area contributed by atoms with Crippen LogP contribution in [0.3, 0.4) is 0 Å². The number of nitrogens with one attached hydrogen (secondary N) is 1. The minimum atomic E-state index is -1.06. The molecule has 1 atom stereocenters. The summed E-state index contributed by atoms with van der Waals surface area (Å²) in [6.07, 6.45) is -0.300. The molecule has 1 rings (SSSR count). The Hall–Kier alpha value is -1.75. The van der Waals surface area contributed by atoms with Gasteiger partial charge in [0.15, 0.2) is 5.78 Å². The summed E-state index contributed by atoms with van der Waals surface area (Å²) in [4.78, 5) is 22.5. The van der Waals surface area contributed by atoms with Gasteiger partial charge in [-0.05, 0) is 37.7 Å². The molecule has 0 spiro atoms. The molecule has 5 heteroatoms. The third-order valence-electron chi connectivity index (χ3n) is 2.49. The van der Waals surface area contributed by atoms with Gasteiger partial charge >= 0.3 is 5.97 Å². The Morgan fingerprint density at radius 1 is 1.47 bits per heavy atom. The molecule has 92 valence electrons. The largest absolute Gasteiger partial charge is 0.481 e. The first kappa shape index (κ1) is 13.3. The van der Waals surface area contributed by atoms with Crippen LogP contribution in [0.1, 0.15) is 22.3 Å². The molecule has 0 aliphatic rings. The van der Waals surface area contributed by atoms with Crippen molar-refractivity contribution in [3.05, 3.63) is 35.1 Å². The zero-order chi connectivity index (χ0) is 13.0. The summed E-state index contributed by atoms with van der Waals surface area (Å²) in [6.45, 7) is 1.55. The number of hydrogen-bond acceptors (Lipinski definition) is 3. The minimum absolute atomic E-state index is 0.300. The van der Waals surface area contributed by atoms with Crippen molar-refractivity contribution in [1.29, 1.82) is 0 Å². The summed E-state index contributed by atoms with van der Waals surface area (Å²) in [6, 6.07) is 3.19. The molecule has 0 heterocycles. The lowest BCUT2D eigenvalue weighted by atomic mass is 10.00. The number of carboxylic acids is 1. The van der Waals surface area contributed by atoms with Gasteiger partial charge in [-0.1, -0.05) is 0 Å². The van der Waals surface area contributed by atoms with Crippen molar-refractivity contribution in [2.45, 2.75) is 19.4 Å². The Kier molecular flexibility index (Phi) is 4.34. The molecule has 0 fully saturated rings. The number of aliphatic carboxylic acids is 1. The summed E-state index contributed by atoms with van der Waals surface area (Å²) >= 11 is 0. The van der Waals surface area contributed by atoms with Crippen molar-refractivity contribution in [3.63, 3.8) is 0 Å². The monoisotopic (exact) mass is 239 g/mol. The van der Waals surface area contributed by atoms with Gasteiger partial charge in [0.25, 0.3) is 0 Å². The first-order chi connectivity index (χ1) is 7.95. The highest BCUT2D eigenvalue weighted by Crippen LogP contribution is 2.12. The van der Waals surface area contributed by atoms with Gasteiger partial charge in [0.1, 0.15) is 5.82 Å². The maximum absolute atomic E-state index is 13.0. The number of hydrogen-bond donors (Lipinski definition) is 2. The van der Waals surface area contributed by atoms with Crippen LogP contribution in [-0.2, 0) is 4.79 Å². The van der Waals surface area contributed by atoms with E-state index in [0.717, 1.165) is 0 Å². The average molecular weight is 239 g/mol. The molecule has 0 saturated heterocycles. The molecule has 1 aromatic carbocycles. The van der Waals surface area contributed by atoms with Crippen LogP contribution in [0.2, 0.25) is 0 Å². The second-order valence-corrected chi connectivity index (χ2v) is 3.77. The van der Waals surface area contributed by atoms with Crippen LogP contribution < -0.4 is 5.32 Å². The molecule has 4 nitrogen and oxygen atoms in total. The number of carbonyl (C=O) groups is 2. The van der Waals surface area contributed by atoms with Crippen molar-refractivity contribution >= 4 is 11.8 Å². The van der Waals surface area contributed by atoms with Gasteiger partial charge in [0.2, 0.25) is 0 Å². The number of ketones is 1. The molecule has 1 unspecified atom stereocenters. The van der Waals surface area contributed by atoms with Gasteiger partial charge in [-0.2, -0.15) is 0 Å². The maximum atomic E-state index is 13.0. The van der Waals surface area contributed by atoms with Crippen LogP contribution in [0.4, 0.5) is 4.39 Å². The summed E-state index contributed by atoms with van der Waals surface area (Å²) in [5, 5.41) is 11.3. The van der Waals surface area contributed by atoms with E-state index in [2.05, 4.69) is 5.32 Å². The molecule has 17 heavy (non-hydrogen) atoms. The number of aryl methyl sites for hydroxylation is 1. The fourth-order valence-corrected chi connectivity index (χ4v) is 1.50. The van der Waals surface area contributed by atoms with E-state index in [0.29, 0.717) is 11.1 Å². The predicted octanol–water partition coefficient (Wildman–Crippen LogP) is 1.38. The van der Waals surface area contributed by atoms with Gasteiger partial charge in [0, 0.05) is 5.56 Å². The number of rotatable bonds is 5. The highest BCUT2D eigenvalue weighted by atomic mass is 19.1. The van der Waals surface area contributed by atoms with Gasteiger partial charge in [-0.3, -0.25) is 9.59 Å². The summed E-state index contributed by atoms with van der Waals surface area (Å²) < 4.78 is 13.0. The van der Waals surface area contributed by atoms with E-state index in [4.69, 9.17) is 5.11 Å². The highest BCUT2D eigenvalue weighted by molar-refractivity contribution is 6.01. The van der Waals surface area contributed by atoms with Crippen LogP contribution in [0.5, 0.6) is 0 Å². The van der Waals surface area contributed by atoms with Gasteiger partial charge in [0.05, 0.1) is 12.5 Å². The van der Waals surface area contributed by atoms with Gasteiger partial charge < -0.3 is 10.4 Å². The van der Waals surface area contributed by atoms with Crippen LogP contribution in [0, 0.1) is 12.7 Å². The summed E-state index contributed by atoms with van der Waals surface area (Å²) in [5.41, 5.74) is 0.672. The van der Waals surface area contributed by atoms with Crippen molar-refractivity contribution in [2.75, 3.05) is 7.05 Å². The standard InChI is InChI=1S/C12H14FNO3/c1-7-5-8(3-4-9(7)13)12(17)10(14-2)6-11(15)16/h3-5,10,14H,6H2,1-2H3,(H,15,16). The fraction of sp³-hybridized carbons (Fsp3) is 0.333. The van der Waals surface area contributed by atoms with Crippen LogP contribution in [-0.4, -0.2) is 29.9 Å². The summed E-state index contributed by atoms with van der Waals surface area (Å²) in [5.74, 6) is -1.80. The Morgan fingerprint density at radius 3 is 2.59 bits per heavy atom. The van der Waals surface area contributed by atoms with Gasteiger partial charge in [-0.15, -0.1) is 0 Å². The number of halogens is 1. The van der Waals surface area contributed by atoms with Crippen molar-refractivity contribution in [1.82, 2.24) is 5.32 Å². The van der Waals surface area contributed by atoms with Crippen LogP contribution in [0.25, 0.3) is 0 Å². The van der Waals surface area contributed by atoms with E-state index < -0.39 is 12.0 Å². The second kappa shape index (κ2) is 5.54. The van der Waals surface area contributed by atoms with Crippen molar-refractivity contribution in [3.8, 4) is 0 Å². The molecule has 0 aliphatic heterocycles. The third kappa shape index (κ3) is 3.35. The normalized spacial score (nSPS) is 12.2. The Labute approximate surface area is 98.5 Å². The molecule has 0 amide bonds. The molecule has 0 bridgehead atoms. The highest BCUT2D eigenvalue weighted by Gasteiger charge is 2.21. The topological polar surface area (TPSA) is 66.4 Å². The van der Waals surface area contributed by atoms with Gasteiger partial charge in [-0.25, -0.2) is 4.39 Å².